The molecule has 0 heterocycles. The Morgan fingerprint density at radius 3 is 1.80 bits per heavy atom. The van der Waals surface area contributed by atoms with Gasteiger partial charge in [0.25, 0.3) is 0 Å². The second-order valence-corrected chi connectivity index (χ2v) is 16.2. The zero-order valence-corrected chi connectivity index (χ0v) is 21.8. The number of benzene rings is 1. The molecule has 0 aliphatic rings. The Bertz CT molecular complexity index is 562. The molecule has 171 valence electrons. The zero-order valence-electron chi connectivity index (χ0n) is 19.0. The van der Waals surface area contributed by atoms with Crippen molar-refractivity contribution in [3.8, 4) is 5.75 Å². The molecule has 1 aromatic rings. The summed E-state index contributed by atoms with van der Waals surface area (Å²) in [5.41, 5.74) is 5.80. The predicted octanol–water partition coefficient (Wildman–Crippen LogP) is 4.34. The minimum absolute atomic E-state index is 0.103. The van der Waals surface area contributed by atoms with Crippen LogP contribution in [-0.4, -0.2) is 54.4 Å². The van der Waals surface area contributed by atoms with Gasteiger partial charge in [0.15, 0.2) is 0 Å². The van der Waals surface area contributed by atoms with Crippen LogP contribution in [0.25, 0.3) is 0 Å². The van der Waals surface area contributed by atoms with Crippen LogP contribution in [0.3, 0.4) is 0 Å². The van der Waals surface area contributed by atoms with E-state index in [1.54, 1.807) is 25.4 Å². The van der Waals surface area contributed by atoms with Gasteiger partial charge in [-0.3, -0.25) is 4.79 Å². The van der Waals surface area contributed by atoms with Crippen LogP contribution in [0.1, 0.15) is 64.9 Å². The third-order valence-corrected chi connectivity index (χ3v) is 13.9. The zero-order chi connectivity index (χ0) is 22.8. The van der Waals surface area contributed by atoms with Crippen molar-refractivity contribution in [2.45, 2.75) is 85.1 Å². The average Bonchev–Trinajstić information content (AvgIpc) is 2.74. The van der Waals surface area contributed by atoms with Crippen LogP contribution in [0, 0.1) is 0 Å². The number of aromatic hydroxyl groups is 1. The second kappa shape index (κ2) is 18.5. The maximum atomic E-state index is 11.0. The van der Waals surface area contributed by atoms with Crippen LogP contribution in [-0.2, 0) is 16.0 Å². The smallest absolute Gasteiger partial charge is 0.326 e. The first kappa shape index (κ1) is 28.7. The Morgan fingerprint density at radius 1 is 0.967 bits per heavy atom. The number of rotatable bonds is 14. The number of hydrogen-bond donors (Lipinski definition) is 4. The molecule has 0 unspecified atom stereocenters. The van der Waals surface area contributed by atoms with E-state index in [2.05, 4.69) is 26.1 Å². The molecule has 30 heavy (non-hydrogen) atoms. The molecule has 0 saturated heterocycles. The average molecular weight is 528 g/mol. The van der Waals surface area contributed by atoms with Gasteiger partial charge in [0.2, 0.25) is 5.91 Å². The van der Waals surface area contributed by atoms with Crippen LogP contribution >= 0.6 is 0 Å². The number of unbranched alkanes of at least 4 members (excludes halogenated alkanes) is 3. The third-order valence-electron chi connectivity index (χ3n) is 4.85. The molecule has 1 rings (SSSR count). The van der Waals surface area contributed by atoms with E-state index >= 15 is 0 Å². The first-order valence-corrected chi connectivity index (χ1v) is 17.3. The van der Waals surface area contributed by atoms with Crippen molar-refractivity contribution < 1.29 is 19.8 Å². The number of amides is 1. The maximum Gasteiger partial charge on any atom is 0.326 e. The van der Waals surface area contributed by atoms with Crippen LogP contribution in [0.4, 0.5) is 0 Å². The number of carboxylic acids is 1. The van der Waals surface area contributed by atoms with E-state index in [1.807, 2.05) is 0 Å². The van der Waals surface area contributed by atoms with Crippen LogP contribution in [0.15, 0.2) is 24.3 Å². The Kier molecular flexibility index (Phi) is 17.7. The molecule has 1 aromatic carbocycles. The molecular formula is C23H41N2O4Sn. The molecule has 1 atom stereocenters. The Morgan fingerprint density at radius 2 is 1.43 bits per heavy atom. The minimum atomic E-state index is -1.13. The maximum absolute atomic E-state index is 11.0. The molecule has 1 amide bonds. The quantitative estimate of drug-likeness (QED) is 0.269. The van der Waals surface area contributed by atoms with Crippen molar-refractivity contribution in [2.24, 2.45) is 5.73 Å². The number of hydrogen-bond acceptors (Lipinski definition) is 4. The van der Waals surface area contributed by atoms with E-state index in [0.717, 1.165) is 0 Å². The van der Waals surface area contributed by atoms with Crippen molar-refractivity contribution in [1.29, 1.82) is 0 Å². The first-order valence-electron chi connectivity index (χ1n) is 11.2. The molecule has 1 radical (unpaired) electrons. The van der Waals surface area contributed by atoms with Crippen molar-refractivity contribution in [2.75, 3.05) is 6.54 Å². The summed E-state index contributed by atoms with van der Waals surface area (Å²) >= 11 is -0.839. The molecule has 0 aromatic heterocycles. The first-order chi connectivity index (χ1) is 14.4. The molecule has 0 aliphatic heterocycles. The van der Waals surface area contributed by atoms with Crippen molar-refractivity contribution in [3.63, 3.8) is 0 Å². The number of carboxylic acid groups (broad SMARTS) is 1. The van der Waals surface area contributed by atoms with Gasteiger partial charge in [-0.2, -0.15) is 0 Å². The Hall–Kier alpha value is -1.28. The van der Waals surface area contributed by atoms with Gasteiger partial charge in [-0.25, -0.2) is 4.79 Å². The van der Waals surface area contributed by atoms with Gasteiger partial charge in [0.1, 0.15) is 11.8 Å². The summed E-state index contributed by atoms with van der Waals surface area (Å²) in [5.74, 6) is -1.54. The second-order valence-electron chi connectivity index (χ2n) is 7.59. The van der Waals surface area contributed by atoms with E-state index in [1.165, 1.54) is 50.7 Å². The van der Waals surface area contributed by atoms with Crippen molar-refractivity contribution >= 4 is 31.6 Å². The molecular weight excluding hydrogens is 487 g/mol. The summed E-state index contributed by atoms with van der Waals surface area (Å²) in [6.45, 7) is 6.75. The van der Waals surface area contributed by atoms with E-state index < -0.39 is 37.7 Å². The fourth-order valence-corrected chi connectivity index (χ4v) is 12.4. The SMILES string of the molecule is CCC[CH2][Sn]([CH2]CCC)[CH2]CCC.NCC(=O)N[C@H](Cc1ccc(O)cc1)C(=O)O. The summed E-state index contributed by atoms with van der Waals surface area (Å²) in [7, 11) is 0. The number of nitrogens with two attached hydrogens (primary N) is 1. The van der Waals surface area contributed by atoms with Crippen molar-refractivity contribution in [1.82, 2.24) is 5.32 Å². The normalized spacial score (nSPS) is 11.5. The van der Waals surface area contributed by atoms with Gasteiger partial charge < -0.3 is 21.3 Å². The third kappa shape index (κ3) is 14.7. The molecule has 0 bridgehead atoms. The molecule has 0 spiro atoms. The van der Waals surface area contributed by atoms with Gasteiger partial charge in [-0.15, -0.1) is 0 Å². The van der Waals surface area contributed by atoms with Gasteiger partial charge in [-0.1, -0.05) is 12.1 Å². The molecule has 0 fully saturated rings. The van der Waals surface area contributed by atoms with E-state index in [4.69, 9.17) is 15.9 Å². The number of phenols is 1. The summed E-state index contributed by atoms with van der Waals surface area (Å²) in [5, 5.41) is 20.3. The fraction of sp³-hybridized carbons (Fsp3) is 0.652. The van der Waals surface area contributed by atoms with E-state index in [-0.39, 0.29) is 18.7 Å². The Balaban J connectivity index is 0.000000584. The molecule has 0 saturated carbocycles. The topological polar surface area (TPSA) is 113 Å². The molecule has 0 aliphatic carbocycles. The van der Waals surface area contributed by atoms with Gasteiger partial charge in [0, 0.05) is 6.42 Å². The molecule has 5 N–H and O–H groups in total. The molecule has 7 heteroatoms. The number of carbonyl (C=O) groups excluding carboxylic acids is 1. The van der Waals surface area contributed by atoms with E-state index in [9.17, 15) is 9.59 Å². The largest absolute Gasteiger partial charge is 0.508 e. The van der Waals surface area contributed by atoms with E-state index in [0.29, 0.717) is 5.56 Å². The van der Waals surface area contributed by atoms with Gasteiger partial charge in [-0.05, 0) is 17.7 Å². The minimum Gasteiger partial charge on any atom is -0.508 e. The fourth-order valence-electron chi connectivity index (χ4n) is 2.98. The standard InChI is InChI=1S/C11H14N2O4.3C4H9.Sn/c12-6-10(15)13-9(11(16)17)5-7-1-3-8(14)4-2-7;3*1-3-4-2;/h1-4,9,14H,5-6,12H2,(H,13,15)(H,16,17);3*1,3-4H2,2H3;/t9-;;;;/m1..../s1. The van der Waals surface area contributed by atoms with Gasteiger partial charge >= 0.3 is 98.3 Å². The summed E-state index contributed by atoms with van der Waals surface area (Å²) in [6.07, 6.45) is 8.99. The Labute approximate surface area is 189 Å². The van der Waals surface area contributed by atoms with Crippen molar-refractivity contribution in [3.05, 3.63) is 29.8 Å². The van der Waals surface area contributed by atoms with Crippen LogP contribution < -0.4 is 11.1 Å². The molecule has 6 nitrogen and oxygen atoms in total. The predicted molar refractivity (Wildman–Crippen MR) is 125 cm³/mol. The van der Waals surface area contributed by atoms with Crippen LogP contribution in [0.5, 0.6) is 5.75 Å². The number of nitrogens with one attached hydrogen (secondary N) is 1. The monoisotopic (exact) mass is 529 g/mol. The summed E-state index contributed by atoms with van der Waals surface area (Å²) in [6, 6.07) is 5.09. The van der Waals surface area contributed by atoms with Gasteiger partial charge in [0.05, 0.1) is 6.54 Å². The number of aliphatic carboxylic acids is 1. The summed E-state index contributed by atoms with van der Waals surface area (Å²) < 4.78 is 5.04. The summed E-state index contributed by atoms with van der Waals surface area (Å²) in [4.78, 5) is 21.9. The number of carbonyl (C=O) groups is 2. The number of phenolic OH excluding ortho intramolecular Hbond substituents is 1. The van der Waals surface area contributed by atoms with Crippen LogP contribution in [0.2, 0.25) is 13.3 Å².